The number of hydrogen-bond acceptors (Lipinski definition) is 14. The molecule has 15 nitrogen and oxygen atoms in total. The van der Waals surface area contributed by atoms with Gasteiger partial charge in [-0.05, 0) is 80.7 Å². The Balaban J connectivity index is 2.17. The number of aliphatic hydroxyl groups is 5. The van der Waals surface area contributed by atoms with Crippen molar-refractivity contribution in [2.75, 3.05) is 20.7 Å². The van der Waals surface area contributed by atoms with E-state index < -0.39 is 108 Å². The molecular formula is C37H68N2O13. The van der Waals surface area contributed by atoms with Crippen LogP contribution >= 0.6 is 0 Å². The molecule has 0 radical (unpaired) electrons. The van der Waals surface area contributed by atoms with Crippen LogP contribution in [0, 0.1) is 17.8 Å². The topological polar surface area (TPSA) is 206 Å². The second kappa shape index (κ2) is 18.0. The highest BCUT2D eigenvalue weighted by atomic mass is 16.7. The van der Waals surface area contributed by atoms with Crippen LogP contribution in [0.2, 0.25) is 0 Å². The number of hydrogen-bond donors (Lipinski definition) is 6. The van der Waals surface area contributed by atoms with Crippen LogP contribution in [-0.2, 0) is 38.0 Å². The van der Waals surface area contributed by atoms with E-state index in [-0.39, 0.29) is 25.2 Å². The lowest BCUT2D eigenvalue weighted by Crippen LogP contribution is -2.60. The number of carbonyl (C=O) groups is 2. The van der Waals surface area contributed by atoms with Gasteiger partial charge in [-0.3, -0.25) is 9.59 Å². The summed E-state index contributed by atoms with van der Waals surface area (Å²) in [5.74, 6) is -2.79. The first-order chi connectivity index (χ1) is 24.0. The minimum atomic E-state index is -1.82. The quantitative estimate of drug-likeness (QED) is 0.152. The summed E-state index contributed by atoms with van der Waals surface area (Å²) in [6.45, 7) is 17.6. The van der Waals surface area contributed by atoms with Gasteiger partial charge in [0.1, 0.15) is 30.0 Å². The fourth-order valence-corrected chi connectivity index (χ4v) is 8.50. The van der Waals surface area contributed by atoms with E-state index in [0.29, 0.717) is 19.4 Å². The Morgan fingerprint density at radius 3 is 2.19 bits per heavy atom. The van der Waals surface area contributed by atoms with Crippen molar-refractivity contribution < 1.29 is 63.5 Å². The molecule has 0 aromatic heterocycles. The Hall–Kier alpha value is -1.50. The van der Waals surface area contributed by atoms with Gasteiger partial charge in [0, 0.05) is 32.0 Å². The van der Waals surface area contributed by atoms with Gasteiger partial charge in [0.25, 0.3) is 0 Å². The number of amides is 1. The number of nitrogens with zero attached hydrogens (tertiary/aromatic N) is 1. The fraction of sp³-hybridized carbons (Fsp3) is 0.946. The molecule has 3 rings (SSSR count). The Bertz CT molecular complexity index is 1160. The largest absolute Gasteiger partial charge is 0.459 e. The number of nitrogens with one attached hydrogen (secondary N) is 1. The number of esters is 1. The third-order valence-corrected chi connectivity index (χ3v) is 11.9. The SMILES string of the molecule is CC[C@H]1OC(=O)[C@H](C)[C@@H](O[C@H]2C[C@@](C)(OC)[C@@H](O)[C@H](C)O2)[C@H](C)[C@@H](O[C@@H]2O[C@H](C)C[C@H](NC=O)[C@@H]2O)[C@](C)(O)C[C@@H](C)CN(C)[C@H](C)[C@@H](O)[C@]1(C)O. The summed E-state index contributed by atoms with van der Waals surface area (Å²) >= 11 is 0. The van der Waals surface area contributed by atoms with Gasteiger partial charge < -0.3 is 64.2 Å². The van der Waals surface area contributed by atoms with Crippen LogP contribution in [0.4, 0.5) is 0 Å². The highest BCUT2D eigenvalue weighted by Gasteiger charge is 2.52. The van der Waals surface area contributed by atoms with E-state index in [9.17, 15) is 35.1 Å². The zero-order valence-corrected chi connectivity index (χ0v) is 33.2. The molecule has 3 aliphatic rings. The molecule has 3 fully saturated rings. The second-order valence-electron chi connectivity index (χ2n) is 16.5. The predicted octanol–water partition coefficient (Wildman–Crippen LogP) is 1.09. The van der Waals surface area contributed by atoms with E-state index in [2.05, 4.69) is 5.32 Å². The van der Waals surface area contributed by atoms with Gasteiger partial charge in [-0.15, -0.1) is 0 Å². The molecule has 0 bridgehead atoms. The number of likely N-dealkylation sites (N-methyl/N-ethyl adjacent to an activating group) is 1. The van der Waals surface area contributed by atoms with Crippen molar-refractivity contribution in [3.8, 4) is 0 Å². The number of ether oxygens (including phenoxy) is 6. The van der Waals surface area contributed by atoms with Crippen molar-refractivity contribution in [3.05, 3.63) is 0 Å². The summed E-state index contributed by atoms with van der Waals surface area (Å²) in [6.07, 6.45) is -8.89. The third-order valence-electron chi connectivity index (χ3n) is 11.9. The lowest BCUT2D eigenvalue weighted by molar-refractivity contribution is -0.315. The van der Waals surface area contributed by atoms with Crippen LogP contribution in [0.25, 0.3) is 0 Å². The molecule has 1 amide bonds. The number of rotatable bonds is 8. The van der Waals surface area contributed by atoms with Crippen LogP contribution in [0.15, 0.2) is 0 Å². The first-order valence-electron chi connectivity index (χ1n) is 18.8. The smallest absolute Gasteiger partial charge is 0.311 e. The summed E-state index contributed by atoms with van der Waals surface area (Å²) in [5, 5.41) is 60.4. The van der Waals surface area contributed by atoms with Gasteiger partial charge in [-0.2, -0.15) is 0 Å². The first kappa shape index (κ1) is 44.9. The van der Waals surface area contributed by atoms with Crippen molar-refractivity contribution in [3.63, 3.8) is 0 Å². The second-order valence-corrected chi connectivity index (χ2v) is 16.5. The molecule has 52 heavy (non-hydrogen) atoms. The van der Waals surface area contributed by atoms with E-state index >= 15 is 0 Å². The van der Waals surface area contributed by atoms with Gasteiger partial charge in [0.05, 0.1) is 47.6 Å². The molecule has 18 atom stereocenters. The van der Waals surface area contributed by atoms with E-state index in [0.717, 1.165) is 0 Å². The molecule has 6 N–H and O–H groups in total. The predicted molar refractivity (Wildman–Crippen MR) is 190 cm³/mol. The third kappa shape index (κ3) is 10.0. The fourth-order valence-electron chi connectivity index (χ4n) is 8.50. The zero-order valence-electron chi connectivity index (χ0n) is 33.2. The van der Waals surface area contributed by atoms with Crippen LogP contribution in [-0.4, -0.2) is 154 Å². The van der Waals surface area contributed by atoms with E-state index in [1.807, 2.05) is 18.9 Å². The summed E-state index contributed by atoms with van der Waals surface area (Å²) < 4.78 is 37.1. The minimum Gasteiger partial charge on any atom is -0.459 e. The van der Waals surface area contributed by atoms with Gasteiger partial charge in [-0.1, -0.05) is 20.8 Å². The zero-order chi connectivity index (χ0) is 39.5. The van der Waals surface area contributed by atoms with Crippen molar-refractivity contribution in [2.24, 2.45) is 17.8 Å². The Morgan fingerprint density at radius 2 is 1.62 bits per heavy atom. The summed E-state index contributed by atoms with van der Waals surface area (Å²) in [6, 6.07) is -1.24. The van der Waals surface area contributed by atoms with Gasteiger partial charge in [-0.25, -0.2) is 0 Å². The summed E-state index contributed by atoms with van der Waals surface area (Å²) in [7, 11) is 3.30. The molecular weight excluding hydrogens is 680 g/mol. The molecule has 0 aromatic rings. The van der Waals surface area contributed by atoms with E-state index in [4.69, 9.17) is 28.4 Å². The van der Waals surface area contributed by atoms with E-state index in [1.165, 1.54) is 14.0 Å². The average molecular weight is 749 g/mol. The molecule has 0 saturated carbocycles. The standard InChI is InChI=1S/C37H68N2O13/c1-13-26-37(10,46)30(42)23(6)39(11)17-19(2)15-35(8,45)32(52-34-28(41)25(38-18-40)14-20(3)48-34)21(4)29(22(5)33(44)50-26)51-27-16-36(9,47-12)31(43)24(7)49-27/h18-32,34,41-43,45-46H,13-17H2,1-12H3,(H,38,40)/t19-,20-,21+,22-,23-,24+,25+,26-,27+,28+,29+,30-,31+,32-,34+,35-,36-,37-/m1/s1. The molecule has 3 heterocycles. The molecule has 0 spiro atoms. The highest BCUT2D eigenvalue weighted by Crippen LogP contribution is 2.40. The molecule has 15 heteroatoms. The number of aliphatic hydroxyl groups excluding tert-OH is 3. The number of cyclic esters (lactones) is 1. The molecule has 0 aliphatic carbocycles. The van der Waals surface area contributed by atoms with E-state index in [1.54, 1.807) is 55.4 Å². The maximum Gasteiger partial charge on any atom is 0.311 e. The molecule has 0 aromatic carbocycles. The highest BCUT2D eigenvalue weighted by molar-refractivity contribution is 5.73. The van der Waals surface area contributed by atoms with Crippen molar-refractivity contribution in [1.29, 1.82) is 0 Å². The Kier molecular flexibility index (Phi) is 15.5. The normalized spacial score (nSPS) is 49.3. The van der Waals surface area contributed by atoms with Crippen LogP contribution < -0.4 is 5.32 Å². The molecule has 3 aliphatic heterocycles. The van der Waals surface area contributed by atoms with Crippen LogP contribution in [0.1, 0.15) is 94.9 Å². The maximum atomic E-state index is 14.2. The van der Waals surface area contributed by atoms with Gasteiger partial charge in [0.15, 0.2) is 12.6 Å². The van der Waals surface area contributed by atoms with Gasteiger partial charge >= 0.3 is 5.97 Å². The van der Waals surface area contributed by atoms with Crippen molar-refractivity contribution >= 4 is 12.4 Å². The lowest BCUT2D eigenvalue weighted by Gasteiger charge is -2.48. The summed E-state index contributed by atoms with van der Waals surface area (Å²) in [4.78, 5) is 27.4. The van der Waals surface area contributed by atoms with Crippen LogP contribution in [0.3, 0.4) is 0 Å². The average Bonchev–Trinajstić information content (AvgIpc) is 3.06. The van der Waals surface area contributed by atoms with Crippen molar-refractivity contribution in [1.82, 2.24) is 10.2 Å². The molecule has 0 unspecified atom stereocenters. The van der Waals surface area contributed by atoms with Gasteiger partial charge in [0.2, 0.25) is 6.41 Å². The lowest BCUT2D eigenvalue weighted by atomic mass is 9.77. The molecule has 304 valence electrons. The Morgan fingerprint density at radius 1 is 0.981 bits per heavy atom. The maximum absolute atomic E-state index is 14.2. The van der Waals surface area contributed by atoms with Crippen LogP contribution in [0.5, 0.6) is 0 Å². The summed E-state index contributed by atoms with van der Waals surface area (Å²) in [5.41, 5.74) is -4.50. The Labute approximate surface area is 309 Å². The monoisotopic (exact) mass is 748 g/mol. The van der Waals surface area contributed by atoms with Crippen molar-refractivity contribution in [2.45, 2.75) is 185 Å². The number of carbonyl (C=O) groups excluding carboxylic acids is 2. The molecule has 3 saturated heterocycles. The minimum absolute atomic E-state index is 0.0999. The number of methoxy groups -OCH3 is 1. The first-order valence-corrected chi connectivity index (χ1v) is 18.8.